The number of amides is 1. The van der Waals surface area contributed by atoms with Crippen molar-refractivity contribution in [2.24, 2.45) is 0 Å². The number of hydrogen-bond donors (Lipinski definition) is 1. The number of hydrogen-bond acceptors (Lipinski definition) is 4. The van der Waals surface area contributed by atoms with Crippen molar-refractivity contribution in [3.63, 3.8) is 0 Å². The molecule has 3 aromatic rings. The number of aromatic nitrogens is 3. The zero-order valence-corrected chi connectivity index (χ0v) is 14.3. The molecule has 2 aromatic heterocycles. The van der Waals surface area contributed by atoms with Crippen molar-refractivity contribution in [2.75, 3.05) is 13.7 Å². The molecule has 0 saturated heterocycles. The molecule has 0 aliphatic rings. The van der Waals surface area contributed by atoms with Crippen LogP contribution in [-0.2, 0) is 11.3 Å². The Bertz CT molecular complexity index is 859. The molecule has 25 heavy (non-hydrogen) atoms. The molecule has 0 fully saturated rings. The van der Waals surface area contributed by atoms with E-state index in [9.17, 15) is 4.79 Å². The Morgan fingerprint density at radius 1 is 1.20 bits per heavy atom. The topological polar surface area (TPSA) is 69.0 Å². The van der Waals surface area contributed by atoms with Gasteiger partial charge in [-0.1, -0.05) is 12.1 Å². The Kier molecular flexibility index (Phi) is 5.09. The molecule has 2 heterocycles. The Labute approximate surface area is 146 Å². The van der Waals surface area contributed by atoms with Gasteiger partial charge in [-0.05, 0) is 30.3 Å². The van der Waals surface area contributed by atoms with Crippen LogP contribution in [0.4, 0.5) is 0 Å². The lowest BCUT2D eigenvalue weighted by atomic mass is 10.1. The lowest BCUT2D eigenvalue weighted by Gasteiger charge is -2.09. The van der Waals surface area contributed by atoms with Gasteiger partial charge >= 0.3 is 0 Å². The van der Waals surface area contributed by atoms with Crippen molar-refractivity contribution in [1.29, 1.82) is 0 Å². The number of nitrogens with zero attached hydrogens (tertiary/aromatic N) is 3. The second-order valence-corrected chi connectivity index (χ2v) is 5.59. The normalized spacial score (nSPS) is 10.5. The van der Waals surface area contributed by atoms with Crippen LogP contribution in [0.2, 0.25) is 0 Å². The standard InChI is InChI=1S/C19H20N4O2/c1-14(24)21-9-10-23-19(15-5-3-7-17(11-15)25-2)12-18(22-23)16-6-4-8-20-13-16/h3-8,11-13H,9-10H2,1-2H3,(H,21,24). The summed E-state index contributed by atoms with van der Waals surface area (Å²) in [4.78, 5) is 15.3. The van der Waals surface area contributed by atoms with Crippen LogP contribution in [0.1, 0.15) is 6.92 Å². The van der Waals surface area contributed by atoms with Gasteiger partial charge in [0.15, 0.2) is 0 Å². The molecular weight excluding hydrogens is 316 g/mol. The minimum Gasteiger partial charge on any atom is -0.497 e. The summed E-state index contributed by atoms with van der Waals surface area (Å²) >= 11 is 0. The summed E-state index contributed by atoms with van der Waals surface area (Å²) in [5.74, 6) is 0.734. The summed E-state index contributed by atoms with van der Waals surface area (Å²) in [6, 6.07) is 13.7. The maximum atomic E-state index is 11.1. The third kappa shape index (κ3) is 4.03. The fourth-order valence-corrected chi connectivity index (χ4v) is 2.60. The molecule has 6 nitrogen and oxygen atoms in total. The van der Waals surface area contributed by atoms with E-state index in [1.54, 1.807) is 19.5 Å². The van der Waals surface area contributed by atoms with Crippen LogP contribution < -0.4 is 10.1 Å². The van der Waals surface area contributed by atoms with Gasteiger partial charge in [0.25, 0.3) is 0 Å². The van der Waals surface area contributed by atoms with E-state index in [1.165, 1.54) is 6.92 Å². The molecule has 0 aliphatic carbocycles. The SMILES string of the molecule is COc1cccc(-c2cc(-c3cccnc3)nn2CCNC(C)=O)c1. The number of benzene rings is 1. The first-order valence-electron chi connectivity index (χ1n) is 8.04. The van der Waals surface area contributed by atoms with Crippen molar-refractivity contribution in [3.05, 3.63) is 54.9 Å². The highest BCUT2D eigenvalue weighted by Gasteiger charge is 2.12. The van der Waals surface area contributed by atoms with Crippen LogP contribution in [-0.4, -0.2) is 34.3 Å². The number of methoxy groups -OCH3 is 1. The first-order valence-corrected chi connectivity index (χ1v) is 8.04. The van der Waals surface area contributed by atoms with Gasteiger partial charge in [-0.15, -0.1) is 0 Å². The zero-order chi connectivity index (χ0) is 17.6. The van der Waals surface area contributed by atoms with Gasteiger partial charge in [-0.25, -0.2) is 0 Å². The summed E-state index contributed by atoms with van der Waals surface area (Å²) < 4.78 is 7.22. The summed E-state index contributed by atoms with van der Waals surface area (Å²) in [7, 11) is 1.65. The van der Waals surface area contributed by atoms with Crippen molar-refractivity contribution < 1.29 is 9.53 Å². The lowest BCUT2D eigenvalue weighted by Crippen LogP contribution is -2.25. The Morgan fingerprint density at radius 2 is 2.04 bits per heavy atom. The highest BCUT2D eigenvalue weighted by Crippen LogP contribution is 2.28. The molecule has 0 bridgehead atoms. The van der Waals surface area contributed by atoms with E-state index >= 15 is 0 Å². The largest absolute Gasteiger partial charge is 0.497 e. The molecule has 1 amide bonds. The first-order chi connectivity index (χ1) is 12.2. The lowest BCUT2D eigenvalue weighted by molar-refractivity contribution is -0.118. The van der Waals surface area contributed by atoms with Crippen molar-refractivity contribution in [3.8, 4) is 28.3 Å². The van der Waals surface area contributed by atoms with Gasteiger partial charge in [0.05, 0.1) is 25.0 Å². The second-order valence-electron chi connectivity index (χ2n) is 5.59. The maximum absolute atomic E-state index is 11.1. The van der Waals surface area contributed by atoms with E-state index in [-0.39, 0.29) is 5.91 Å². The van der Waals surface area contributed by atoms with E-state index in [2.05, 4.69) is 10.3 Å². The fourth-order valence-electron chi connectivity index (χ4n) is 2.60. The molecule has 0 atom stereocenters. The first kappa shape index (κ1) is 16.7. The molecule has 0 radical (unpaired) electrons. The van der Waals surface area contributed by atoms with Crippen LogP contribution in [0.5, 0.6) is 5.75 Å². The Hall–Kier alpha value is -3.15. The molecule has 3 rings (SSSR count). The third-order valence-electron chi connectivity index (χ3n) is 3.80. The smallest absolute Gasteiger partial charge is 0.216 e. The number of carbonyl (C=O) groups is 1. The second kappa shape index (κ2) is 7.61. The van der Waals surface area contributed by atoms with Crippen LogP contribution in [0.25, 0.3) is 22.5 Å². The summed E-state index contributed by atoms with van der Waals surface area (Å²) in [6.07, 6.45) is 3.52. The van der Waals surface area contributed by atoms with E-state index < -0.39 is 0 Å². The van der Waals surface area contributed by atoms with E-state index in [0.717, 1.165) is 28.3 Å². The predicted molar refractivity (Wildman–Crippen MR) is 96.1 cm³/mol. The van der Waals surface area contributed by atoms with Gasteiger partial charge in [0.1, 0.15) is 5.75 Å². The van der Waals surface area contributed by atoms with Crippen LogP contribution in [0, 0.1) is 0 Å². The zero-order valence-electron chi connectivity index (χ0n) is 14.3. The van der Waals surface area contributed by atoms with Gasteiger partial charge in [-0.3, -0.25) is 14.5 Å². The molecule has 0 saturated carbocycles. The van der Waals surface area contributed by atoms with Crippen molar-refractivity contribution in [1.82, 2.24) is 20.1 Å². The average Bonchev–Trinajstić information content (AvgIpc) is 3.06. The summed E-state index contributed by atoms with van der Waals surface area (Å²) in [5.41, 5.74) is 3.76. The number of carbonyl (C=O) groups excluding carboxylic acids is 1. The van der Waals surface area contributed by atoms with Gasteiger partial charge in [0, 0.05) is 37.0 Å². The van der Waals surface area contributed by atoms with Crippen molar-refractivity contribution >= 4 is 5.91 Å². The van der Waals surface area contributed by atoms with E-state index in [0.29, 0.717) is 13.1 Å². The molecule has 0 unspecified atom stereocenters. The molecule has 1 aromatic carbocycles. The van der Waals surface area contributed by atoms with Gasteiger partial charge in [-0.2, -0.15) is 5.10 Å². The molecule has 0 spiro atoms. The summed E-state index contributed by atoms with van der Waals surface area (Å²) in [6.45, 7) is 2.60. The predicted octanol–water partition coefficient (Wildman–Crippen LogP) is 2.76. The highest BCUT2D eigenvalue weighted by atomic mass is 16.5. The monoisotopic (exact) mass is 336 g/mol. The minimum atomic E-state index is -0.0532. The molecule has 1 N–H and O–H groups in total. The molecular formula is C19H20N4O2. The highest BCUT2D eigenvalue weighted by molar-refractivity contribution is 5.72. The molecule has 0 aliphatic heterocycles. The third-order valence-corrected chi connectivity index (χ3v) is 3.80. The van der Waals surface area contributed by atoms with Crippen LogP contribution in [0.3, 0.4) is 0 Å². The summed E-state index contributed by atoms with van der Waals surface area (Å²) in [5, 5.41) is 7.50. The average molecular weight is 336 g/mol. The molecule has 6 heteroatoms. The van der Waals surface area contributed by atoms with Crippen LogP contribution >= 0.6 is 0 Å². The van der Waals surface area contributed by atoms with Crippen LogP contribution in [0.15, 0.2) is 54.9 Å². The van der Waals surface area contributed by atoms with E-state index in [4.69, 9.17) is 9.84 Å². The maximum Gasteiger partial charge on any atom is 0.216 e. The Morgan fingerprint density at radius 3 is 2.76 bits per heavy atom. The number of ether oxygens (including phenoxy) is 1. The van der Waals surface area contributed by atoms with E-state index in [1.807, 2.05) is 47.1 Å². The van der Waals surface area contributed by atoms with Crippen molar-refractivity contribution in [2.45, 2.75) is 13.5 Å². The number of rotatable bonds is 6. The Balaban J connectivity index is 1.98. The van der Waals surface area contributed by atoms with Gasteiger partial charge in [0.2, 0.25) is 5.91 Å². The number of nitrogens with one attached hydrogen (secondary N) is 1. The fraction of sp³-hybridized carbons (Fsp3) is 0.211. The quantitative estimate of drug-likeness (QED) is 0.751. The molecule has 128 valence electrons. The minimum absolute atomic E-state index is 0.0532. The van der Waals surface area contributed by atoms with Gasteiger partial charge < -0.3 is 10.1 Å². The number of pyridine rings is 1.